The summed E-state index contributed by atoms with van der Waals surface area (Å²) in [6.07, 6.45) is 0.578. The summed E-state index contributed by atoms with van der Waals surface area (Å²) < 4.78 is 0. The molecule has 0 atom stereocenters. The van der Waals surface area contributed by atoms with Crippen molar-refractivity contribution in [2.75, 3.05) is 0 Å². The molecule has 0 unspecified atom stereocenters. The first-order valence-corrected chi connectivity index (χ1v) is 3.75. The molecular weight excluding hydrogens is 135 g/mol. The maximum absolute atomic E-state index is 10.9. The van der Waals surface area contributed by atoms with Crippen molar-refractivity contribution in [3.8, 4) is 0 Å². The van der Waals surface area contributed by atoms with Gasteiger partial charge in [0.25, 0.3) is 0 Å². The Morgan fingerprint density at radius 2 is 2.00 bits per heavy atom. The van der Waals surface area contributed by atoms with Gasteiger partial charge in [-0.3, -0.25) is 0 Å². The zero-order chi connectivity index (χ0) is 8.10. The minimum atomic E-state index is 0.177. The summed E-state index contributed by atoms with van der Waals surface area (Å²) in [7, 11) is 1.67. The van der Waals surface area contributed by atoms with Crippen LogP contribution in [0.3, 0.4) is 0 Å². The van der Waals surface area contributed by atoms with Gasteiger partial charge in [0.05, 0.1) is 5.68 Å². The van der Waals surface area contributed by atoms with Crippen molar-refractivity contribution in [2.45, 2.75) is 13.3 Å². The fraction of sp³-hybridized carbons (Fsp3) is 0.222. The van der Waals surface area contributed by atoms with E-state index in [2.05, 4.69) is 0 Å². The predicted molar refractivity (Wildman–Crippen MR) is 47.1 cm³/mol. The molecule has 1 radical (unpaired) electrons. The van der Waals surface area contributed by atoms with Crippen LogP contribution in [0.15, 0.2) is 30.3 Å². The zero-order valence-electron chi connectivity index (χ0n) is 6.58. The van der Waals surface area contributed by atoms with E-state index in [1.54, 1.807) is 7.28 Å². The third-order valence-corrected chi connectivity index (χ3v) is 1.48. The molecule has 2 heteroatoms. The molecule has 0 bridgehead atoms. The van der Waals surface area contributed by atoms with Crippen molar-refractivity contribution in [1.29, 1.82) is 0 Å². The van der Waals surface area contributed by atoms with Gasteiger partial charge in [-0.2, -0.15) is 0 Å². The lowest BCUT2D eigenvalue weighted by molar-refractivity contribution is -0.111. The van der Waals surface area contributed by atoms with E-state index in [0.717, 1.165) is 5.46 Å². The third-order valence-electron chi connectivity index (χ3n) is 1.48. The maximum atomic E-state index is 10.9. The van der Waals surface area contributed by atoms with Crippen LogP contribution in [-0.2, 0) is 4.79 Å². The lowest BCUT2D eigenvalue weighted by atomic mass is 9.65. The summed E-state index contributed by atoms with van der Waals surface area (Å²) in [5, 5.41) is 0. The van der Waals surface area contributed by atoms with E-state index in [1.807, 2.05) is 37.3 Å². The monoisotopic (exact) mass is 145 g/mol. The van der Waals surface area contributed by atoms with Gasteiger partial charge >= 0.3 is 0 Å². The molecule has 0 aliphatic heterocycles. The van der Waals surface area contributed by atoms with Crippen LogP contribution in [0, 0.1) is 0 Å². The smallest absolute Gasteiger partial charge is 0.241 e. The van der Waals surface area contributed by atoms with E-state index in [0.29, 0.717) is 6.42 Å². The second kappa shape index (κ2) is 3.96. The number of benzene rings is 1. The number of rotatable bonds is 3. The van der Waals surface area contributed by atoms with E-state index in [4.69, 9.17) is 0 Å². The van der Waals surface area contributed by atoms with E-state index >= 15 is 0 Å². The molecule has 55 valence electrons. The van der Waals surface area contributed by atoms with Gasteiger partial charge < -0.3 is 4.79 Å². The summed E-state index contributed by atoms with van der Waals surface area (Å²) in [5.74, 6) is 0. The molecule has 1 aromatic rings. The molecule has 1 aromatic carbocycles. The van der Waals surface area contributed by atoms with Crippen LogP contribution < -0.4 is 5.46 Å². The molecule has 0 amide bonds. The number of hydrogen-bond donors (Lipinski definition) is 0. The van der Waals surface area contributed by atoms with Crippen molar-refractivity contribution in [2.24, 2.45) is 0 Å². The molecule has 11 heavy (non-hydrogen) atoms. The molecule has 0 fully saturated rings. The normalized spacial score (nSPS) is 9.18. The zero-order valence-corrected chi connectivity index (χ0v) is 6.58. The standard InChI is InChI=1S/C9H10BO/c1-2-9(11)10-8-6-4-3-5-7-8/h3-7H,2H2,1H3. The number of carbonyl (C=O) groups is 1. The van der Waals surface area contributed by atoms with Crippen LogP contribution in [-0.4, -0.2) is 13.0 Å². The van der Waals surface area contributed by atoms with Gasteiger partial charge in [0.15, 0.2) is 0 Å². The minimum absolute atomic E-state index is 0.177. The second-order valence-corrected chi connectivity index (χ2v) is 2.37. The molecule has 0 heterocycles. The molecule has 0 aromatic heterocycles. The second-order valence-electron chi connectivity index (χ2n) is 2.37. The molecule has 0 saturated heterocycles. The molecule has 1 nitrogen and oxygen atoms in total. The van der Waals surface area contributed by atoms with Gasteiger partial charge in [-0.05, 0) is 6.42 Å². The Hall–Kier alpha value is -1.05. The topological polar surface area (TPSA) is 17.1 Å². The Morgan fingerprint density at radius 1 is 1.36 bits per heavy atom. The quantitative estimate of drug-likeness (QED) is 0.578. The van der Waals surface area contributed by atoms with Crippen LogP contribution >= 0.6 is 0 Å². The largest absolute Gasteiger partial charge is 0.311 e. The van der Waals surface area contributed by atoms with Crippen molar-refractivity contribution in [1.82, 2.24) is 0 Å². The van der Waals surface area contributed by atoms with Crippen molar-refractivity contribution < 1.29 is 4.79 Å². The molecule has 0 spiro atoms. The fourth-order valence-electron chi connectivity index (χ4n) is 0.837. The SMILES string of the molecule is CCC(=O)[B]c1ccccc1. The van der Waals surface area contributed by atoms with E-state index < -0.39 is 0 Å². The highest BCUT2D eigenvalue weighted by Crippen LogP contribution is 1.83. The maximum Gasteiger partial charge on any atom is 0.241 e. The summed E-state index contributed by atoms with van der Waals surface area (Å²) in [6.45, 7) is 1.86. The van der Waals surface area contributed by atoms with Crippen LogP contribution in [0.2, 0.25) is 0 Å². The first-order valence-electron chi connectivity index (χ1n) is 3.75. The summed E-state index contributed by atoms with van der Waals surface area (Å²) in [5.41, 5.74) is 1.16. The number of carbonyl (C=O) groups excluding carboxylic acids is 1. The molecule has 1 rings (SSSR count). The highest BCUT2D eigenvalue weighted by Gasteiger charge is 2.01. The number of hydrogen-bond acceptors (Lipinski definition) is 1. The lowest BCUT2D eigenvalue weighted by Crippen LogP contribution is -2.22. The van der Waals surface area contributed by atoms with Crippen molar-refractivity contribution in [3.63, 3.8) is 0 Å². The van der Waals surface area contributed by atoms with Gasteiger partial charge in [-0.25, -0.2) is 0 Å². The average Bonchev–Trinajstić information content (AvgIpc) is 2.06. The lowest BCUT2D eigenvalue weighted by Gasteiger charge is -1.94. The average molecular weight is 145 g/mol. The Kier molecular flexibility index (Phi) is 2.90. The molecule has 0 aliphatic rings. The van der Waals surface area contributed by atoms with Gasteiger partial charge in [0.1, 0.15) is 0 Å². The highest BCUT2D eigenvalue weighted by atomic mass is 16.1. The van der Waals surface area contributed by atoms with Crippen LogP contribution in [0.5, 0.6) is 0 Å². The summed E-state index contributed by atoms with van der Waals surface area (Å²) in [6, 6.07) is 9.64. The molecule has 0 saturated carbocycles. The van der Waals surface area contributed by atoms with Crippen LogP contribution in [0.4, 0.5) is 0 Å². The first kappa shape index (κ1) is 8.06. The van der Waals surface area contributed by atoms with Crippen LogP contribution in [0.1, 0.15) is 13.3 Å². The summed E-state index contributed by atoms with van der Waals surface area (Å²) >= 11 is 0. The van der Waals surface area contributed by atoms with Crippen molar-refractivity contribution in [3.05, 3.63) is 30.3 Å². The molecule has 0 aliphatic carbocycles. The van der Waals surface area contributed by atoms with E-state index in [9.17, 15) is 4.79 Å². The van der Waals surface area contributed by atoms with Crippen molar-refractivity contribution >= 4 is 18.4 Å². The highest BCUT2D eigenvalue weighted by molar-refractivity contribution is 6.84. The van der Waals surface area contributed by atoms with Crippen LogP contribution in [0.25, 0.3) is 0 Å². The van der Waals surface area contributed by atoms with Gasteiger partial charge in [0.2, 0.25) is 7.28 Å². The third kappa shape index (κ3) is 2.58. The van der Waals surface area contributed by atoms with Gasteiger partial charge in [-0.1, -0.05) is 42.7 Å². The Bertz CT molecular complexity index is 231. The summed E-state index contributed by atoms with van der Waals surface area (Å²) in [4.78, 5) is 10.9. The first-order chi connectivity index (χ1) is 5.33. The Balaban J connectivity index is 2.58. The fourth-order valence-corrected chi connectivity index (χ4v) is 0.837. The molecular formula is C9H10BO. The van der Waals surface area contributed by atoms with Gasteiger partial charge in [-0.15, -0.1) is 0 Å². The Morgan fingerprint density at radius 3 is 2.55 bits per heavy atom. The minimum Gasteiger partial charge on any atom is -0.311 e. The Labute approximate surface area is 67.7 Å². The molecule has 0 N–H and O–H groups in total. The predicted octanol–water partition coefficient (Wildman–Crippen LogP) is 0.953. The van der Waals surface area contributed by atoms with E-state index in [1.165, 1.54) is 0 Å². The van der Waals surface area contributed by atoms with E-state index in [-0.39, 0.29) is 5.68 Å². The van der Waals surface area contributed by atoms with Gasteiger partial charge in [0, 0.05) is 0 Å².